The van der Waals surface area contributed by atoms with Crippen molar-refractivity contribution >= 4 is 11.6 Å². The van der Waals surface area contributed by atoms with Gasteiger partial charge < -0.3 is 19.3 Å². The number of rotatable bonds is 10. The molecule has 0 bridgehead atoms. The minimum Gasteiger partial charge on any atom is -0.494 e. The van der Waals surface area contributed by atoms with Crippen LogP contribution in [0.3, 0.4) is 0 Å². The molecular formula is C27H32N4O4. The Balaban J connectivity index is 1.72. The SMILES string of the molecule is CCOc1ccc(C2NC(=O)N(CCCOC)C(C)=C2c2nc(-c3ccc(CC)cc3)no2)cc1. The predicted octanol–water partition coefficient (Wildman–Crippen LogP) is 5.23. The van der Waals surface area contributed by atoms with E-state index < -0.39 is 6.04 Å². The summed E-state index contributed by atoms with van der Waals surface area (Å²) in [7, 11) is 1.65. The second-order valence-corrected chi connectivity index (χ2v) is 8.36. The summed E-state index contributed by atoms with van der Waals surface area (Å²) in [5, 5.41) is 7.37. The van der Waals surface area contributed by atoms with Gasteiger partial charge in [-0.1, -0.05) is 48.5 Å². The van der Waals surface area contributed by atoms with E-state index in [0.29, 0.717) is 37.9 Å². The van der Waals surface area contributed by atoms with Gasteiger partial charge >= 0.3 is 6.03 Å². The first-order valence-corrected chi connectivity index (χ1v) is 12.0. The Morgan fingerprint density at radius 3 is 2.49 bits per heavy atom. The Kier molecular flexibility index (Phi) is 7.82. The lowest BCUT2D eigenvalue weighted by molar-refractivity contribution is 0.174. The van der Waals surface area contributed by atoms with E-state index in [-0.39, 0.29) is 6.03 Å². The number of aryl methyl sites for hydroxylation is 1. The lowest BCUT2D eigenvalue weighted by Crippen LogP contribution is -2.46. The van der Waals surface area contributed by atoms with Crippen molar-refractivity contribution in [2.24, 2.45) is 0 Å². The third-order valence-electron chi connectivity index (χ3n) is 6.13. The third-order valence-corrected chi connectivity index (χ3v) is 6.13. The van der Waals surface area contributed by atoms with Gasteiger partial charge in [-0.15, -0.1) is 0 Å². The summed E-state index contributed by atoms with van der Waals surface area (Å²) in [6.07, 6.45) is 1.67. The number of ether oxygens (including phenoxy) is 2. The Hall–Kier alpha value is -3.65. The van der Waals surface area contributed by atoms with Crippen LogP contribution in [0, 0.1) is 0 Å². The molecule has 3 aromatic rings. The number of methoxy groups -OCH3 is 1. The van der Waals surface area contributed by atoms with Gasteiger partial charge in [0.15, 0.2) is 0 Å². The largest absolute Gasteiger partial charge is 0.494 e. The van der Waals surface area contributed by atoms with Gasteiger partial charge in [-0.25, -0.2) is 4.79 Å². The normalized spacial score (nSPS) is 15.9. The molecule has 0 radical (unpaired) electrons. The summed E-state index contributed by atoms with van der Waals surface area (Å²) >= 11 is 0. The van der Waals surface area contributed by atoms with Gasteiger partial charge in [0.05, 0.1) is 18.2 Å². The zero-order chi connectivity index (χ0) is 24.8. The summed E-state index contributed by atoms with van der Waals surface area (Å²) < 4.78 is 16.5. The van der Waals surface area contributed by atoms with Gasteiger partial charge in [0.25, 0.3) is 5.89 Å². The van der Waals surface area contributed by atoms with Crippen molar-refractivity contribution in [1.29, 1.82) is 0 Å². The standard InChI is InChI=1S/C27H32N4O4/c1-5-19-8-10-21(11-9-19)25-29-26(35-30-25)23-18(3)31(16-7-17-33-4)27(32)28-24(23)20-12-14-22(15-13-20)34-6-2/h8-15,24H,5-7,16-17H2,1-4H3,(H,28,32). The second-order valence-electron chi connectivity index (χ2n) is 8.36. The lowest BCUT2D eigenvalue weighted by Gasteiger charge is -2.35. The van der Waals surface area contributed by atoms with Gasteiger partial charge in [0.2, 0.25) is 5.82 Å². The number of carbonyl (C=O) groups is 1. The van der Waals surface area contributed by atoms with Crippen LogP contribution in [0.15, 0.2) is 58.8 Å². The molecule has 8 heteroatoms. The van der Waals surface area contributed by atoms with E-state index in [4.69, 9.17) is 19.0 Å². The predicted molar refractivity (Wildman–Crippen MR) is 134 cm³/mol. The fourth-order valence-electron chi connectivity index (χ4n) is 4.21. The highest BCUT2D eigenvalue weighted by atomic mass is 16.5. The minimum atomic E-state index is -0.437. The van der Waals surface area contributed by atoms with Crippen LogP contribution in [-0.2, 0) is 11.2 Å². The number of nitrogens with zero attached hydrogens (tertiary/aromatic N) is 3. The molecule has 1 atom stereocenters. The van der Waals surface area contributed by atoms with Crippen molar-refractivity contribution in [3.05, 3.63) is 71.2 Å². The number of amides is 2. The van der Waals surface area contributed by atoms with Crippen molar-refractivity contribution in [1.82, 2.24) is 20.4 Å². The fraction of sp³-hybridized carbons (Fsp3) is 0.370. The summed E-state index contributed by atoms with van der Waals surface area (Å²) in [6, 6.07) is 15.2. The Bertz CT molecular complexity index is 1170. The van der Waals surface area contributed by atoms with E-state index >= 15 is 0 Å². The number of urea groups is 1. The van der Waals surface area contributed by atoms with Gasteiger partial charge in [0.1, 0.15) is 5.75 Å². The summed E-state index contributed by atoms with van der Waals surface area (Å²) in [4.78, 5) is 19.5. The molecule has 184 valence electrons. The molecule has 2 aromatic carbocycles. The zero-order valence-electron chi connectivity index (χ0n) is 20.7. The summed E-state index contributed by atoms with van der Waals surface area (Å²) in [5.74, 6) is 1.67. The van der Waals surface area contributed by atoms with Crippen LogP contribution in [0.1, 0.15) is 50.3 Å². The maximum absolute atomic E-state index is 13.1. The molecule has 1 N–H and O–H groups in total. The highest BCUT2D eigenvalue weighted by Crippen LogP contribution is 2.37. The lowest BCUT2D eigenvalue weighted by atomic mass is 9.94. The number of carbonyl (C=O) groups excluding carboxylic acids is 1. The molecule has 0 aliphatic carbocycles. The first-order chi connectivity index (χ1) is 17.0. The third kappa shape index (κ3) is 5.38. The van der Waals surface area contributed by atoms with E-state index in [1.165, 1.54) is 5.56 Å². The van der Waals surface area contributed by atoms with Crippen LogP contribution in [0.25, 0.3) is 17.0 Å². The highest BCUT2D eigenvalue weighted by molar-refractivity contribution is 5.86. The van der Waals surface area contributed by atoms with Crippen LogP contribution >= 0.6 is 0 Å². The van der Waals surface area contributed by atoms with E-state index in [2.05, 4.69) is 29.5 Å². The average molecular weight is 477 g/mol. The smallest absolute Gasteiger partial charge is 0.322 e. The fourth-order valence-corrected chi connectivity index (χ4v) is 4.21. The van der Waals surface area contributed by atoms with Crippen molar-refractivity contribution in [2.75, 3.05) is 26.9 Å². The second kappa shape index (κ2) is 11.2. The van der Waals surface area contributed by atoms with E-state index in [9.17, 15) is 4.79 Å². The molecule has 8 nitrogen and oxygen atoms in total. The molecule has 0 spiro atoms. The van der Waals surface area contributed by atoms with Crippen LogP contribution < -0.4 is 10.1 Å². The molecule has 1 aliphatic heterocycles. The van der Waals surface area contributed by atoms with Gasteiger partial charge in [0, 0.05) is 31.5 Å². The van der Waals surface area contributed by atoms with E-state index in [0.717, 1.165) is 34.6 Å². The monoisotopic (exact) mass is 476 g/mol. The molecule has 0 saturated heterocycles. The van der Waals surface area contributed by atoms with E-state index in [1.54, 1.807) is 12.0 Å². The van der Waals surface area contributed by atoms with E-state index in [1.807, 2.05) is 50.2 Å². The Morgan fingerprint density at radius 2 is 1.83 bits per heavy atom. The molecule has 2 heterocycles. The Morgan fingerprint density at radius 1 is 1.09 bits per heavy atom. The van der Waals surface area contributed by atoms with Crippen LogP contribution in [0.5, 0.6) is 5.75 Å². The van der Waals surface area contributed by atoms with Crippen molar-refractivity contribution in [3.63, 3.8) is 0 Å². The molecule has 1 unspecified atom stereocenters. The number of hydrogen-bond donors (Lipinski definition) is 1. The number of allylic oxidation sites excluding steroid dienone is 1. The zero-order valence-corrected chi connectivity index (χ0v) is 20.7. The number of aromatic nitrogens is 2. The van der Waals surface area contributed by atoms with Crippen LogP contribution in [0.2, 0.25) is 0 Å². The maximum atomic E-state index is 13.1. The summed E-state index contributed by atoms with van der Waals surface area (Å²) in [5.41, 5.74) is 4.58. The number of nitrogens with one attached hydrogen (secondary N) is 1. The topological polar surface area (TPSA) is 89.7 Å². The first-order valence-electron chi connectivity index (χ1n) is 12.0. The van der Waals surface area contributed by atoms with Gasteiger partial charge in [-0.05, 0) is 49.9 Å². The first kappa shape index (κ1) is 24.5. The molecule has 35 heavy (non-hydrogen) atoms. The van der Waals surface area contributed by atoms with Crippen LogP contribution in [-0.4, -0.2) is 47.9 Å². The molecular weight excluding hydrogens is 444 g/mol. The minimum absolute atomic E-state index is 0.170. The van der Waals surface area contributed by atoms with Crippen LogP contribution in [0.4, 0.5) is 4.79 Å². The van der Waals surface area contributed by atoms with Crippen molar-refractivity contribution in [2.45, 2.75) is 39.7 Å². The molecule has 1 aromatic heterocycles. The Labute approximate surface area is 205 Å². The molecule has 2 amide bonds. The quantitative estimate of drug-likeness (QED) is 0.403. The summed E-state index contributed by atoms with van der Waals surface area (Å²) in [6.45, 7) is 7.65. The molecule has 4 rings (SSSR count). The number of hydrogen-bond acceptors (Lipinski definition) is 6. The van der Waals surface area contributed by atoms with Gasteiger partial charge in [-0.2, -0.15) is 4.98 Å². The molecule has 0 saturated carbocycles. The van der Waals surface area contributed by atoms with Crippen molar-refractivity contribution in [3.8, 4) is 17.1 Å². The number of benzene rings is 2. The highest BCUT2D eigenvalue weighted by Gasteiger charge is 2.35. The van der Waals surface area contributed by atoms with Crippen molar-refractivity contribution < 1.29 is 18.8 Å². The maximum Gasteiger partial charge on any atom is 0.322 e. The average Bonchev–Trinajstić information content (AvgIpc) is 3.36. The molecule has 1 aliphatic rings. The van der Waals surface area contributed by atoms with Gasteiger partial charge in [-0.3, -0.25) is 4.90 Å². The molecule has 0 fully saturated rings.